The molecule has 1 heterocycles. The number of rotatable bonds is 2. The highest BCUT2D eigenvalue weighted by molar-refractivity contribution is 9.10. The lowest BCUT2D eigenvalue weighted by atomic mass is 10.3. The van der Waals surface area contributed by atoms with Crippen LogP contribution in [0.3, 0.4) is 0 Å². The van der Waals surface area contributed by atoms with Crippen LogP contribution < -0.4 is 0 Å². The van der Waals surface area contributed by atoms with Crippen LogP contribution in [0.5, 0.6) is 0 Å². The zero-order valence-electron chi connectivity index (χ0n) is 6.24. The lowest BCUT2D eigenvalue weighted by molar-refractivity contribution is 0.0692. The van der Waals surface area contributed by atoms with Crippen molar-refractivity contribution in [1.82, 2.24) is 4.98 Å². The second-order valence-electron chi connectivity index (χ2n) is 1.99. The average molecular weight is 248 g/mol. The van der Waals surface area contributed by atoms with Gasteiger partial charge in [0.15, 0.2) is 0 Å². The zero-order chi connectivity index (χ0) is 9.14. The molecule has 0 amide bonds. The summed E-state index contributed by atoms with van der Waals surface area (Å²) in [5.41, 5.74) is 0.282. The third kappa shape index (κ3) is 1.78. The fraction of sp³-hybridized carbons (Fsp3) is 0.143. The highest BCUT2D eigenvalue weighted by Crippen LogP contribution is 2.27. The SMILES string of the molecule is CSc1c(C(=O)O)ccnc1Br. The number of hydrogen-bond acceptors (Lipinski definition) is 3. The van der Waals surface area contributed by atoms with Gasteiger partial charge >= 0.3 is 5.97 Å². The molecule has 1 aromatic rings. The molecule has 0 aliphatic rings. The maximum Gasteiger partial charge on any atom is 0.336 e. The predicted octanol–water partition coefficient (Wildman–Crippen LogP) is 2.26. The fourth-order valence-electron chi connectivity index (χ4n) is 0.785. The first-order valence-electron chi connectivity index (χ1n) is 3.08. The van der Waals surface area contributed by atoms with Gasteiger partial charge in [-0.05, 0) is 28.3 Å². The monoisotopic (exact) mass is 247 g/mol. The molecule has 0 aliphatic carbocycles. The van der Waals surface area contributed by atoms with Gasteiger partial charge in [0.25, 0.3) is 0 Å². The Morgan fingerprint density at radius 2 is 2.42 bits per heavy atom. The molecule has 3 nitrogen and oxygen atoms in total. The van der Waals surface area contributed by atoms with Crippen molar-refractivity contribution in [3.8, 4) is 0 Å². The van der Waals surface area contributed by atoms with Gasteiger partial charge in [0, 0.05) is 6.20 Å². The van der Waals surface area contributed by atoms with Crippen molar-refractivity contribution in [2.24, 2.45) is 0 Å². The second-order valence-corrected chi connectivity index (χ2v) is 3.56. The van der Waals surface area contributed by atoms with E-state index in [1.54, 1.807) is 0 Å². The molecule has 0 aromatic carbocycles. The second kappa shape index (κ2) is 3.91. The van der Waals surface area contributed by atoms with E-state index in [1.807, 2.05) is 6.26 Å². The highest BCUT2D eigenvalue weighted by atomic mass is 79.9. The molecule has 0 fully saturated rings. The number of aromatic nitrogens is 1. The van der Waals surface area contributed by atoms with Crippen LogP contribution in [0.25, 0.3) is 0 Å². The summed E-state index contributed by atoms with van der Waals surface area (Å²) in [4.78, 5) is 15.3. The maximum atomic E-state index is 10.7. The molecule has 12 heavy (non-hydrogen) atoms. The summed E-state index contributed by atoms with van der Waals surface area (Å²) >= 11 is 4.54. The number of hydrogen-bond donors (Lipinski definition) is 1. The molecule has 1 aromatic heterocycles. The first-order valence-corrected chi connectivity index (χ1v) is 5.10. The molecule has 0 atom stereocenters. The summed E-state index contributed by atoms with van der Waals surface area (Å²) < 4.78 is 0.579. The number of pyridine rings is 1. The van der Waals surface area contributed by atoms with E-state index in [2.05, 4.69) is 20.9 Å². The molecule has 0 aliphatic heterocycles. The molecular formula is C7H6BrNO2S. The fourth-order valence-corrected chi connectivity index (χ4v) is 2.20. The lowest BCUT2D eigenvalue weighted by Crippen LogP contribution is -1.99. The van der Waals surface area contributed by atoms with Crippen molar-refractivity contribution in [2.75, 3.05) is 6.26 Å². The van der Waals surface area contributed by atoms with E-state index in [0.717, 1.165) is 0 Å². The Kier molecular flexibility index (Phi) is 3.11. The van der Waals surface area contributed by atoms with E-state index in [-0.39, 0.29) is 5.56 Å². The minimum Gasteiger partial charge on any atom is -0.478 e. The number of carbonyl (C=O) groups is 1. The largest absolute Gasteiger partial charge is 0.478 e. The Morgan fingerprint density at radius 3 is 2.83 bits per heavy atom. The van der Waals surface area contributed by atoms with Crippen LogP contribution >= 0.6 is 27.7 Å². The number of aromatic carboxylic acids is 1. The van der Waals surface area contributed by atoms with Gasteiger partial charge in [-0.1, -0.05) is 0 Å². The van der Waals surface area contributed by atoms with E-state index in [1.165, 1.54) is 24.0 Å². The van der Waals surface area contributed by atoms with Crippen LogP contribution in [0.15, 0.2) is 21.8 Å². The third-order valence-electron chi connectivity index (χ3n) is 1.30. The van der Waals surface area contributed by atoms with Crippen molar-refractivity contribution in [3.63, 3.8) is 0 Å². The van der Waals surface area contributed by atoms with Crippen LogP contribution in [0.2, 0.25) is 0 Å². The normalized spacial score (nSPS) is 9.83. The highest BCUT2D eigenvalue weighted by Gasteiger charge is 2.11. The Balaban J connectivity index is 3.27. The minimum absolute atomic E-state index is 0.282. The first-order chi connectivity index (χ1) is 5.66. The number of thioether (sulfide) groups is 1. The van der Waals surface area contributed by atoms with E-state index in [9.17, 15) is 4.79 Å². The molecule has 0 spiro atoms. The summed E-state index contributed by atoms with van der Waals surface area (Å²) in [6.45, 7) is 0. The Morgan fingerprint density at radius 1 is 1.75 bits per heavy atom. The number of halogens is 1. The summed E-state index contributed by atoms with van der Waals surface area (Å²) in [6.07, 6.45) is 3.28. The molecule has 1 N–H and O–H groups in total. The van der Waals surface area contributed by atoms with E-state index in [4.69, 9.17) is 5.11 Å². The van der Waals surface area contributed by atoms with Crippen molar-refractivity contribution >= 4 is 33.7 Å². The van der Waals surface area contributed by atoms with Crippen LogP contribution in [-0.4, -0.2) is 22.3 Å². The first kappa shape index (κ1) is 9.54. The Bertz CT molecular complexity index is 316. The van der Waals surface area contributed by atoms with Crippen molar-refractivity contribution in [2.45, 2.75) is 4.90 Å². The van der Waals surface area contributed by atoms with Crippen LogP contribution in [-0.2, 0) is 0 Å². The molecule has 0 radical (unpaired) electrons. The quantitative estimate of drug-likeness (QED) is 0.644. The summed E-state index contributed by atoms with van der Waals surface area (Å²) in [6, 6.07) is 1.49. The van der Waals surface area contributed by atoms with Crippen LogP contribution in [0.4, 0.5) is 0 Å². The minimum atomic E-state index is -0.928. The topological polar surface area (TPSA) is 50.2 Å². The summed E-state index contributed by atoms with van der Waals surface area (Å²) in [5.74, 6) is -0.928. The molecule has 1 rings (SSSR count). The van der Waals surface area contributed by atoms with Crippen LogP contribution in [0.1, 0.15) is 10.4 Å². The molecule has 0 bridgehead atoms. The van der Waals surface area contributed by atoms with E-state index < -0.39 is 5.97 Å². The van der Waals surface area contributed by atoms with Crippen molar-refractivity contribution in [3.05, 3.63) is 22.4 Å². The Labute approximate surface area is 82.3 Å². The smallest absolute Gasteiger partial charge is 0.336 e. The van der Waals surface area contributed by atoms with Gasteiger partial charge in [-0.25, -0.2) is 9.78 Å². The number of carboxylic acids is 1. The number of nitrogens with zero attached hydrogens (tertiary/aromatic N) is 1. The van der Waals surface area contributed by atoms with Gasteiger partial charge in [-0.3, -0.25) is 0 Å². The van der Waals surface area contributed by atoms with E-state index in [0.29, 0.717) is 9.50 Å². The van der Waals surface area contributed by atoms with E-state index >= 15 is 0 Å². The van der Waals surface area contributed by atoms with Crippen molar-refractivity contribution in [1.29, 1.82) is 0 Å². The lowest BCUT2D eigenvalue weighted by Gasteiger charge is -2.02. The average Bonchev–Trinajstić information content (AvgIpc) is 2.03. The summed E-state index contributed by atoms with van der Waals surface area (Å²) in [7, 11) is 0. The molecule has 0 unspecified atom stereocenters. The predicted molar refractivity (Wildman–Crippen MR) is 50.7 cm³/mol. The van der Waals surface area contributed by atoms with Gasteiger partial charge in [0.1, 0.15) is 4.60 Å². The summed E-state index contributed by atoms with van der Waals surface area (Å²) in [5, 5.41) is 8.76. The van der Waals surface area contributed by atoms with Gasteiger partial charge in [-0.15, -0.1) is 11.8 Å². The third-order valence-corrected chi connectivity index (χ3v) is 2.98. The molecule has 0 saturated heterocycles. The molecule has 0 saturated carbocycles. The zero-order valence-corrected chi connectivity index (χ0v) is 8.65. The van der Waals surface area contributed by atoms with Gasteiger partial charge in [-0.2, -0.15) is 0 Å². The Hall–Kier alpha value is -0.550. The molecule has 5 heteroatoms. The van der Waals surface area contributed by atoms with Crippen LogP contribution in [0, 0.1) is 0 Å². The van der Waals surface area contributed by atoms with Gasteiger partial charge in [0.05, 0.1) is 10.5 Å². The molecule has 64 valence electrons. The maximum absolute atomic E-state index is 10.7. The number of carboxylic acid groups (broad SMARTS) is 1. The standard InChI is InChI=1S/C7H6BrNO2S/c1-12-5-4(7(10)11)2-3-9-6(5)8/h2-3H,1H3,(H,10,11). The van der Waals surface area contributed by atoms with Gasteiger partial charge < -0.3 is 5.11 Å². The van der Waals surface area contributed by atoms with Gasteiger partial charge in [0.2, 0.25) is 0 Å². The van der Waals surface area contributed by atoms with Crippen molar-refractivity contribution < 1.29 is 9.90 Å². The molecular weight excluding hydrogens is 242 g/mol.